The third-order valence-electron chi connectivity index (χ3n) is 5.27. The third kappa shape index (κ3) is 5.66. The molecule has 1 aliphatic heterocycles. The molecular formula is C22H29N3O4S. The van der Waals surface area contributed by atoms with Gasteiger partial charge in [0, 0.05) is 31.2 Å². The van der Waals surface area contributed by atoms with Gasteiger partial charge in [-0.05, 0) is 50.3 Å². The summed E-state index contributed by atoms with van der Waals surface area (Å²) in [6.07, 6.45) is 0.824. The number of carbonyl (C=O) groups excluding carboxylic acids is 1. The van der Waals surface area contributed by atoms with Crippen LogP contribution in [0.15, 0.2) is 59.5 Å². The molecule has 162 valence electrons. The van der Waals surface area contributed by atoms with Gasteiger partial charge in [-0.2, -0.15) is 4.31 Å². The number of nitrogens with zero attached hydrogens (tertiary/aromatic N) is 2. The van der Waals surface area contributed by atoms with Gasteiger partial charge in [-0.1, -0.05) is 30.3 Å². The molecule has 1 aliphatic rings. The van der Waals surface area contributed by atoms with Crippen molar-refractivity contribution in [3.05, 3.63) is 65.7 Å². The Labute approximate surface area is 178 Å². The lowest BCUT2D eigenvalue weighted by atomic mass is 10.1. The van der Waals surface area contributed by atoms with E-state index in [1.165, 1.54) is 22.0 Å². The largest absolute Gasteiger partial charge is 0.379 e. The van der Waals surface area contributed by atoms with Crippen molar-refractivity contribution in [3.8, 4) is 0 Å². The van der Waals surface area contributed by atoms with Crippen LogP contribution in [-0.4, -0.2) is 76.5 Å². The van der Waals surface area contributed by atoms with Gasteiger partial charge in [-0.3, -0.25) is 4.79 Å². The van der Waals surface area contributed by atoms with E-state index in [9.17, 15) is 13.2 Å². The molecule has 1 atom stereocenters. The Hall–Kier alpha value is -2.26. The van der Waals surface area contributed by atoms with Gasteiger partial charge in [0.25, 0.3) is 5.91 Å². The molecule has 0 unspecified atom stereocenters. The maximum absolute atomic E-state index is 12.7. The molecule has 8 heteroatoms. The molecule has 0 aliphatic carbocycles. The van der Waals surface area contributed by atoms with Crippen LogP contribution in [-0.2, 0) is 21.2 Å². The number of morpholine rings is 1. The zero-order chi connectivity index (χ0) is 21.6. The lowest BCUT2D eigenvalue weighted by molar-refractivity contribution is 0.0730. The van der Waals surface area contributed by atoms with Crippen molar-refractivity contribution in [2.75, 3.05) is 46.9 Å². The second kappa shape index (κ2) is 10.2. The Morgan fingerprint density at radius 3 is 2.30 bits per heavy atom. The van der Waals surface area contributed by atoms with Crippen molar-refractivity contribution in [2.24, 2.45) is 0 Å². The van der Waals surface area contributed by atoms with Crippen LogP contribution >= 0.6 is 0 Å². The van der Waals surface area contributed by atoms with Crippen molar-refractivity contribution in [3.63, 3.8) is 0 Å². The summed E-state index contributed by atoms with van der Waals surface area (Å²) in [6.45, 7) is 1.98. The number of nitrogens with one attached hydrogen (secondary N) is 1. The van der Waals surface area contributed by atoms with Crippen LogP contribution in [0.3, 0.4) is 0 Å². The Bertz CT molecular complexity index is 925. The molecule has 7 nitrogen and oxygen atoms in total. The summed E-state index contributed by atoms with van der Waals surface area (Å²) in [5, 5.41) is 2.97. The van der Waals surface area contributed by atoms with Crippen LogP contribution in [0.4, 0.5) is 0 Å². The molecule has 0 saturated carbocycles. The maximum atomic E-state index is 12.7. The molecule has 1 saturated heterocycles. The standard InChI is InChI=1S/C22H29N3O4S/c1-24(2)20(16-18-6-4-3-5-7-18)17-23-22(26)19-8-10-21(11-9-19)30(27,28)25-12-14-29-15-13-25/h3-11,20H,12-17H2,1-2H3,(H,23,26)/t20-/m0/s1. The predicted octanol–water partition coefficient (Wildman–Crippen LogP) is 1.61. The number of likely N-dealkylation sites (N-methyl/N-ethyl adjacent to an activating group) is 1. The van der Waals surface area contributed by atoms with Crippen LogP contribution in [0.2, 0.25) is 0 Å². The minimum absolute atomic E-state index is 0.150. The van der Waals surface area contributed by atoms with Crippen LogP contribution in [0, 0.1) is 0 Å². The molecule has 30 heavy (non-hydrogen) atoms. The van der Waals surface area contributed by atoms with Crippen LogP contribution < -0.4 is 5.32 Å². The van der Waals surface area contributed by atoms with Crippen LogP contribution in [0.5, 0.6) is 0 Å². The molecule has 0 spiro atoms. The molecule has 0 aromatic heterocycles. The van der Waals surface area contributed by atoms with E-state index in [0.29, 0.717) is 38.4 Å². The first-order valence-electron chi connectivity index (χ1n) is 10.0. The summed E-state index contributed by atoms with van der Waals surface area (Å²) in [5.74, 6) is -0.217. The second-order valence-corrected chi connectivity index (χ2v) is 9.50. The highest BCUT2D eigenvalue weighted by molar-refractivity contribution is 7.89. The van der Waals surface area contributed by atoms with Gasteiger partial charge in [0.1, 0.15) is 0 Å². The quantitative estimate of drug-likeness (QED) is 0.687. The van der Waals surface area contributed by atoms with E-state index in [1.54, 1.807) is 12.1 Å². The molecule has 1 heterocycles. The minimum atomic E-state index is -3.56. The van der Waals surface area contributed by atoms with Gasteiger partial charge >= 0.3 is 0 Å². The van der Waals surface area contributed by atoms with Gasteiger partial charge in [0.05, 0.1) is 18.1 Å². The summed E-state index contributed by atoms with van der Waals surface area (Å²) >= 11 is 0. The summed E-state index contributed by atoms with van der Waals surface area (Å²) in [4.78, 5) is 14.9. The molecule has 3 rings (SSSR count). The monoisotopic (exact) mass is 431 g/mol. The average molecular weight is 432 g/mol. The molecule has 1 N–H and O–H groups in total. The number of hydrogen-bond acceptors (Lipinski definition) is 5. The van der Waals surface area contributed by atoms with Crippen LogP contribution in [0.1, 0.15) is 15.9 Å². The first-order chi connectivity index (χ1) is 14.4. The SMILES string of the molecule is CN(C)[C@H](CNC(=O)c1ccc(S(=O)(=O)N2CCOCC2)cc1)Cc1ccccc1. The first-order valence-corrected chi connectivity index (χ1v) is 11.5. The van der Waals surface area contributed by atoms with Gasteiger partial charge in [0.15, 0.2) is 0 Å². The van der Waals surface area contributed by atoms with Gasteiger partial charge in [-0.25, -0.2) is 8.42 Å². The smallest absolute Gasteiger partial charge is 0.251 e. The molecule has 1 amide bonds. The van der Waals surface area contributed by atoms with Crippen molar-refractivity contribution in [1.29, 1.82) is 0 Å². The number of benzene rings is 2. The van der Waals surface area contributed by atoms with E-state index >= 15 is 0 Å². The molecule has 2 aromatic rings. The number of amides is 1. The van der Waals surface area contributed by atoms with Crippen molar-refractivity contribution < 1.29 is 17.9 Å². The highest BCUT2D eigenvalue weighted by Crippen LogP contribution is 2.18. The van der Waals surface area contributed by atoms with E-state index in [0.717, 1.165) is 6.42 Å². The molecule has 0 radical (unpaired) electrons. The summed E-state index contributed by atoms with van der Waals surface area (Å²) in [7, 11) is 0.421. The lowest BCUT2D eigenvalue weighted by Crippen LogP contribution is -2.41. The second-order valence-electron chi connectivity index (χ2n) is 7.56. The normalized spacial score (nSPS) is 16.4. The van der Waals surface area contributed by atoms with E-state index in [-0.39, 0.29) is 16.8 Å². The lowest BCUT2D eigenvalue weighted by Gasteiger charge is -2.26. The zero-order valence-corrected chi connectivity index (χ0v) is 18.3. The third-order valence-corrected chi connectivity index (χ3v) is 7.18. The van der Waals surface area contributed by atoms with Crippen LogP contribution in [0.25, 0.3) is 0 Å². The van der Waals surface area contributed by atoms with Crippen molar-refractivity contribution >= 4 is 15.9 Å². The summed E-state index contributed by atoms with van der Waals surface area (Å²) < 4.78 is 32.0. The molecule has 1 fully saturated rings. The Kier molecular flexibility index (Phi) is 7.60. The van der Waals surface area contributed by atoms with Crippen molar-refractivity contribution in [2.45, 2.75) is 17.4 Å². The first kappa shape index (κ1) is 22.4. The number of sulfonamides is 1. The minimum Gasteiger partial charge on any atom is -0.379 e. The summed E-state index contributed by atoms with van der Waals surface area (Å²) in [5.41, 5.74) is 1.65. The van der Waals surface area contributed by atoms with Gasteiger partial charge < -0.3 is 15.0 Å². The number of rotatable bonds is 8. The van der Waals surface area contributed by atoms with E-state index in [2.05, 4.69) is 22.3 Å². The zero-order valence-electron chi connectivity index (χ0n) is 17.5. The van der Waals surface area contributed by atoms with Gasteiger partial charge in [0.2, 0.25) is 10.0 Å². The summed E-state index contributed by atoms with van der Waals surface area (Å²) in [6, 6.07) is 16.4. The molecular weight excluding hydrogens is 402 g/mol. The number of ether oxygens (including phenoxy) is 1. The fraction of sp³-hybridized carbons (Fsp3) is 0.409. The predicted molar refractivity (Wildman–Crippen MR) is 116 cm³/mol. The Morgan fingerprint density at radius 2 is 1.70 bits per heavy atom. The fourth-order valence-electron chi connectivity index (χ4n) is 3.35. The Balaban J connectivity index is 1.61. The fourth-order valence-corrected chi connectivity index (χ4v) is 4.76. The molecule has 0 bridgehead atoms. The van der Waals surface area contributed by atoms with E-state index in [4.69, 9.17) is 4.74 Å². The number of carbonyl (C=O) groups is 1. The van der Waals surface area contributed by atoms with Gasteiger partial charge in [-0.15, -0.1) is 0 Å². The highest BCUT2D eigenvalue weighted by Gasteiger charge is 2.26. The maximum Gasteiger partial charge on any atom is 0.251 e. The molecule has 2 aromatic carbocycles. The van der Waals surface area contributed by atoms with Crippen molar-refractivity contribution in [1.82, 2.24) is 14.5 Å². The van der Waals surface area contributed by atoms with E-state index < -0.39 is 10.0 Å². The Morgan fingerprint density at radius 1 is 1.07 bits per heavy atom. The number of hydrogen-bond donors (Lipinski definition) is 1. The average Bonchev–Trinajstić information content (AvgIpc) is 2.77. The highest BCUT2D eigenvalue weighted by atomic mass is 32.2. The van der Waals surface area contributed by atoms with E-state index in [1.807, 2.05) is 32.3 Å². The topological polar surface area (TPSA) is 79.0 Å².